The Balaban J connectivity index is 1.68. The van der Waals surface area contributed by atoms with Crippen LogP contribution in [0.15, 0.2) is 18.2 Å². The molecule has 3 atom stereocenters. The third kappa shape index (κ3) is 2.64. The maximum Gasteiger partial charge on any atom is 0.0109 e. The van der Waals surface area contributed by atoms with Crippen molar-refractivity contribution in [2.75, 3.05) is 7.05 Å². The number of rotatable bonds is 3. The standard InChI is InChI=1S/C18H28N2/c1-12-4-5-13(2)14(8-12)11-18(19)15-9-16-6-7-17(10-15)20(16)3/h4-5,8,15-18H,6-7,9-11,19H2,1-3H3. The highest BCUT2D eigenvalue weighted by molar-refractivity contribution is 5.31. The molecule has 3 unspecified atom stereocenters. The van der Waals surface area contributed by atoms with Crippen LogP contribution < -0.4 is 5.73 Å². The third-order valence-electron chi connectivity index (χ3n) is 5.70. The fourth-order valence-electron chi connectivity index (χ4n) is 4.24. The molecule has 2 fully saturated rings. The quantitative estimate of drug-likeness (QED) is 0.916. The summed E-state index contributed by atoms with van der Waals surface area (Å²) >= 11 is 0. The van der Waals surface area contributed by atoms with Crippen molar-refractivity contribution in [2.45, 2.75) is 64.1 Å². The van der Waals surface area contributed by atoms with Gasteiger partial charge >= 0.3 is 0 Å². The molecule has 2 nitrogen and oxygen atoms in total. The topological polar surface area (TPSA) is 29.3 Å². The summed E-state index contributed by atoms with van der Waals surface area (Å²) in [6.07, 6.45) is 6.42. The Bertz CT molecular complexity index is 468. The van der Waals surface area contributed by atoms with Gasteiger partial charge in [0.05, 0.1) is 0 Å². The number of fused-ring (bicyclic) bond motifs is 2. The van der Waals surface area contributed by atoms with Crippen LogP contribution in [0.2, 0.25) is 0 Å². The third-order valence-corrected chi connectivity index (χ3v) is 5.70. The fraction of sp³-hybridized carbons (Fsp3) is 0.667. The summed E-state index contributed by atoms with van der Waals surface area (Å²) in [5, 5.41) is 0. The molecule has 2 bridgehead atoms. The van der Waals surface area contributed by atoms with Crippen LogP contribution in [-0.4, -0.2) is 30.1 Å². The van der Waals surface area contributed by atoms with Crippen LogP contribution in [0.3, 0.4) is 0 Å². The molecule has 2 heteroatoms. The van der Waals surface area contributed by atoms with Gasteiger partial charge in [-0.1, -0.05) is 23.8 Å². The number of nitrogens with two attached hydrogens (primary N) is 1. The van der Waals surface area contributed by atoms with E-state index in [0.717, 1.165) is 18.5 Å². The lowest BCUT2D eigenvalue weighted by atomic mass is 9.82. The maximum absolute atomic E-state index is 6.58. The lowest BCUT2D eigenvalue weighted by Gasteiger charge is -2.39. The number of hydrogen-bond donors (Lipinski definition) is 1. The minimum atomic E-state index is 0.326. The number of piperidine rings is 1. The van der Waals surface area contributed by atoms with Crippen molar-refractivity contribution in [1.82, 2.24) is 4.90 Å². The van der Waals surface area contributed by atoms with Gasteiger partial charge in [0.25, 0.3) is 0 Å². The predicted octanol–water partition coefficient (Wildman–Crippen LogP) is 3.05. The molecule has 0 radical (unpaired) electrons. The highest BCUT2D eigenvalue weighted by Crippen LogP contribution is 2.38. The second-order valence-corrected chi connectivity index (χ2v) is 7.08. The first-order valence-corrected chi connectivity index (χ1v) is 8.08. The highest BCUT2D eigenvalue weighted by Gasteiger charge is 2.40. The Labute approximate surface area is 123 Å². The molecule has 0 spiro atoms. The fourth-order valence-corrected chi connectivity index (χ4v) is 4.24. The van der Waals surface area contributed by atoms with Crippen LogP contribution in [-0.2, 0) is 6.42 Å². The van der Waals surface area contributed by atoms with E-state index in [0.29, 0.717) is 12.0 Å². The summed E-state index contributed by atoms with van der Waals surface area (Å²) in [6, 6.07) is 8.66. The van der Waals surface area contributed by atoms with Gasteiger partial charge in [0.15, 0.2) is 0 Å². The van der Waals surface area contributed by atoms with Crippen molar-refractivity contribution in [1.29, 1.82) is 0 Å². The van der Waals surface area contributed by atoms with E-state index < -0.39 is 0 Å². The van der Waals surface area contributed by atoms with Crippen molar-refractivity contribution in [2.24, 2.45) is 11.7 Å². The smallest absolute Gasteiger partial charge is 0.0109 e. The van der Waals surface area contributed by atoms with Gasteiger partial charge in [0.2, 0.25) is 0 Å². The first-order valence-electron chi connectivity index (χ1n) is 8.08. The van der Waals surface area contributed by atoms with Gasteiger partial charge in [-0.05, 0) is 70.0 Å². The number of aryl methyl sites for hydroxylation is 2. The van der Waals surface area contributed by atoms with Crippen molar-refractivity contribution in [3.63, 3.8) is 0 Å². The van der Waals surface area contributed by atoms with E-state index in [4.69, 9.17) is 5.73 Å². The predicted molar refractivity (Wildman–Crippen MR) is 84.9 cm³/mol. The molecule has 0 aliphatic carbocycles. The van der Waals surface area contributed by atoms with E-state index in [1.54, 1.807) is 0 Å². The molecule has 0 saturated carbocycles. The molecule has 2 saturated heterocycles. The molecule has 2 N–H and O–H groups in total. The lowest BCUT2D eigenvalue weighted by Crippen LogP contribution is -2.46. The van der Waals surface area contributed by atoms with Gasteiger partial charge in [0, 0.05) is 18.1 Å². The number of benzene rings is 1. The molecule has 20 heavy (non-hydrogen) atoms. The van der Waals surface area contributed by atoms with Crippen LogP contribution in [0.4, 0.5) is 0 Å². The van der Waals surface area contributed by atoms with Crippen LogP contribution in [0.1, 0.15) is 42.4 Å². The Morgan fingerprint density at radius 2 is 1.85 bits per heavy atom. The molecule has 3 rings (SSSR count). The zero-order valence-corrected chi connectivity index (χ0v) is 13.1. The van der Waals surface area contributed by atoms with Crippen LogP contribution >= 0.6 is 0 Å². The normalized spacial score (nSPS) is 31.5. The van der Waals surface area contributed by atoms with Crippen molar-refractivity contribution < 1.29 is 0 Å². The SMILES string of the molecule is Cc1ccc(C)c(CC(N)C2CC3CCC(C2)N3C)c1. The molecule has 2 heterocycles. The van der Waals surface area contributed by atoms with E-state index in [2.05, 4.69) is 44.0 Å². The molecule has 0 aromatic heterocycles. The molecule has 2 aliphatic heterocycles. The zero-order chi connectivity index (χ0) is 14.3. The first kappa shape index (κ1) is 14.1. The minimum absolute atomic E-state index is 0.326. The average molecular weight is 272 g/mol. The van der Waals surface area contributed by atoms with Gasteiger partial charge in [0.1, 0.15) is 0 Å². The lowest BCUT2D eigenvalue weighted by molar-refractivity contribution is 0.120. The number of hydrogen-bond acceptors (Lipinski definition) is 2. The van der Waals surface area contributed by atoms with Crippen LogP contribution in [0, 0.1) is 19.8 Å². The summed E-state index contributed by atoms with van der Waals surface area (Å²) in [5.74, 6) is 0.712. The van der Waals surface area contributed by atoms with Crippen LogP contribution in [0.25, 0.3) is 0 Å². The molecule has 1 aromatic rings. The van der Waals surface area contributed by atoms with Gasteiger partial charge in [-0.3, -0.25) is 0 Å². The monoisotopic (exact) mass is 272 g/mol. The second kappa shape index (κ2) is 5.50. The molecule has 0 amide bonds. The Morgan fingerprint density at radius 3 is 2.50 bits per heavy atom. The molecule has 110 valence electrons. The minimum Gasteiger partial charge on any atom is -0.327 e. The largest absolute Gasteiger partial charge is 0.327 e. The summed E-state index contributed by atoms with van der Waals surface area (Å²) in [4.78, 5) is 2.60. The van der Waals surface area contributed by atoms with Crippen molar-refractivity contribution in [3.8, 4) is 0 Å². The molecular formula is C18H28N2. The Kier molecular flexibility index (Phi) is 3.87. The van der Waals surface area contributed by atoms with E-state index in [9.17, 15) is 0 Å². The van der Waals surface area contributed by atoms with Crippen LogP contribution in [0.5, 0.6) is 0 Å². The zero-order valence-electron chi connectivity index (χ0n) is 13.1. The molecule has 1 aromatic carbocycles. The first-order chi connectivity index (χ1) is 9.54. The second-order valence-electron chi connectivity index (χ2n) is 7.08. The molecule has 2 aliphatic rings. The van der Waals surface area contributed by atoms with Crippen molar-refractivity contribution >= 4 is 0 Å². The number of nitrogens with zero attached hydrogens (tertiary/aromatic N) is 1. The summed E-state index contributed by atoms with van der Waals surface area (Å²) in [6.45, 7) is 4.38. The Hall–Kier alpha value is -0.860. The van der Waals surface area contributed by atoms with Gasteiger partial charge in [-0.25, -0.2) is 0 Å². The summed E-state index contributed by atoms with van der Waals surface area (Å²) < 4.78 is 0. The van der Waals surface area contributed by atoms with Gasteiger partial charge in [-0.2, -0.15) is 0 Å². The van der Waals surface area contributed by atoms with Gasteiger partial charge in [-0.15, -0.1) is 0 Å². The van der Waals surface area contributed by atoms with E-state index in [1.165, 1.54) is 42.4 Å². The van der Waals surface area contributed by atoms with E-state index in [-0.39, 0.29) is 0 Å². The summed E-state index contributed by atoms with van der Waals surface area (Å²) in [7, 11) is 2.30. The van der Waals surface area contributed by atoms with Crippen molar-refractivity contribution in [3.05, 3.63) is 34.9 Å². The maximum atomic E-state index is 6.58. The average Bonchev–Trinajstić information content (AvgIpc) is 2.65. The Morgan fingerprint density at radius 1 is 1.20 bits per heavy atom. The molecular weight excluding hydrogens is 244 g/mol. The van der Waals surface area contributed by atoms with E-state index >= 15 is 0 Å². The van der Waals surface area contributed by atoms with E-state index in [1.807, 2.05) is 0 Å². The van der Waals surface area contributed by atoms with Gasteiger partial charge < -0.3 is 10.6 Å². The highest BCUT2D eigenvalue weighted by atomic mass is 15.2. The summed E-state index contributed by atoms with van der Waals surface area (Å²) in [5.41, 5.74) is 10.8.